The molecule has 1 saturated carbocycles. The lowest BCUT2D eigenvalue weighted by Gasteiger charge is -2.23. The van der Waals surface area contributed by atoms with Gasteiger partial charge in [-0.3, -0.25) is 0 Å². The van der Waals surface area contributed by atoms with Gasteiger partial charge in [0.25, 0.3) is 0 Å². The minimum absolute atomic E-state index is 0.821. The molecule has 1 spiro atoms. The van der Waals surface area contributed by atoms with Crippen LogP contribution in [0.3, 0.4) is 0 Å². The van der Waals surface area contributed by atoms with Crippen molar-refractivity contribution in [1.29, 1.82) is 0 Å². The largest absolute Gasteiger partial charge is 0.300 e. The van der Waals surface area contributed by atoms with E-state index in [2.05, 4.69) is 18.7 Å². The van der Waals surface area contributed by atoms with Gasteiger partial charge >= 0.3 is 0 Å². The molecule has 1 aliphatic carbocycles. The maximum atomic E-state index is 2.70. The van der Waals surface area contributed by atoms with Crippen LogP contribution in [-0.4, -0.2) is 24.0 Å². The summed E-state index contributed by atoms with van der Waals surface area (Å²) < 4.78 is 0. The predicted octanol–water partition coefficient (Wildman–Crippen LogP) is 2.66. The van der Waals surface area contributed by atoms with Gasteiger partial charge in [-0.05, 0) is 44.6 Å². The molecule has 70 valence electrons. The molecule has 0 bridgehead atoms. The molecular formula is C11H21N. The van der Waals surface area contributed by atoms with Crippen LogP contribution >= 0.6 is 0 Å². The Morgan fingerprint density at radius 2 is 2.08 bits per heavy atom. The number of hydrogen-bond acceptors (Lipinski definition) is 1. The third kappa shape index (κ3) is 1.52. The first-order valence-corrected chi connectivity index (χ1v) is 5.50. The predicted molar refractivity (Wildman–Crippen MR) is 52.2 cm³/mol. The van der Waals surface area contributed by atoms with Crippen molar-refractivity contribution < 1.29 is 0 Å². The first-order chi connectivity index (χ1) is 5.76. The molecule has 0 aromatic heterocycles. The fraction of sp³-hybridized carbons (Fsp3) is 1.00. The van der Waals surface area contributed by atoms with Crippen LogP contribution < -0.4 is 0 Å². The highest BCUT2D eigenvalue weighted by atomic mass is 15.2. The molecule has 1 atom stereocenters. The Kier molecular flexibility index (Phi) is 2.16. The molecule has 1 saturated heterocycles. The minimum Gasteiger partial charge on any atom is -0.300 e. The van der Waals surface area contributed by atoms with Crippen molar-refractivity contribution in [2.75, 3.05) is 13.1 Å². The Bertz CT molecular complexity index is 160. The zero-order valence-corrected chi connectivity index (χ0v) is 8.47. The van der Waals surface area contributed by atoms with E-state index in [0.29, 0.717) is 0 Å². The second-order valence-electron chi connectivity index (χ2n) is 4.86. The monoisotopic (exact) mass is 167 g/mol. The number of hydrogen-bond donors (Lipinski definition) is 0. The summed E-state index contributed by atoms with van der Waals surface area (Å²) in [6.07, 6.45) is 7.24. The van der Waals surface area contributed by atoms with Crippen LogP contribution in [0.2, 0.25) is 0 Å². The third-order valence-electron chi connectivity index (χ3n) is 3.75. The van der Waals surface area contributed by atoms with Gasteiger partial charge in [0, 0.05) is 12.6 Å². The van der Waals surface area contributed by atoms with Crippen LogP contribution in [0.4, 0.5) is 0 Å². The topological polar surface area (TPSA) is 3.24 Å². The zero-order valence-electron chi connectivity index (χ0n) is 8.47. The first kappa shape index (κ1) is 8.55. The van der Waals surface area contributed by atoms with Gasteiger partial charge < -0.3 is 4.90 Å². The summed E-state index contributed by atoms with van der Waals surface area (Å²) in [5, 5.41) is 0. The van der Waals surface area contributed by atoms with Gasteiger partial charge in [-0.25, -0.2) is 0 Å². The van der Waals surface area contributed by atoms with Crippen LogP contribution in [0.5, 0.6) is 0 Å². The molecule has 1 nitrogen and oxygen atoms in total. The van der Waals surface area contributed by atoms with Crippen molar-refractivity contribution in [2.45, 2.75) is 52.0 Å². The van der Waals surface area contributed by atoms with Crippen molar-refractivity contribution >= 4 is 0 Å². The molecule has 1 aliphatic heterocycles. The van der Waals surface area contributed by atoms with Gasteiger partial charge in [-0.15, -0.1) is 0 Å². The summed E-state index contributed by atoms with van der Waals surface area (Å²) in [6.45, 7) is 7.47. The zero-order chi connectivity index (χ0) is 8.60. The molecular weight excluding hydrogens is 146 g/mol. The fourth-order valence-corrected chi connectivity index (χ4v) is 2.53. The SMILES string of the molecule is CCC[C@@H](C)N1CCC2(CC2)C1. The van der Waals surface area contributed by atoms with Crippen molar-refractivity contribution in [3.8, 4) is 0 Å². The highest BCUT2D eigenvalue weighted by Crippen LogP contribution is 2.53. The summed E-state index contributed by atoms with van der Waals surface area (Å²) in [4.78, 5) is 2.70. The number of nitrogens with zero attached hydrogens (tertiary/aromatic N) is 1. The van der Waals surface area contributed by atoms with E-state index in [9.17, 15) is 0 Å². The molecule has 0 radical (unpaired) electrons. The van der Waals surface area contributed by atoms with Crippen LogP contribution in [0, 0.1) is 5.41 Å². The third-order valence-corrected chi connectivity index (χ3v) is 3.75. The maximum absolute atomic E-state index is 2.70. The second kappa shape index (κ2) is 3.02. The summed E-state index contributed by atoms with van der Waals surface area (Å²) in [5.41, 5.74) is 0.821. The smallest absolute Gasteiger partial charge is 0.00670 e. The van der Waals surface area contributed by atoms with Crippen molar-refractivity contribution in [1.82, 2.24) is 4.90 Å². The average Bonchev–Trinajstić information content (AvgIpc) is 2.62. The second-order valence-corrected chi connectivity index (χ2v) is 4.86. The maximum Gasteiger partial charge on any atom is 0.00670 e. The normalized spacial score (nSPS) is 29.5. The molecule has 2 fully saturated rings. The van der Waals surface area contributed by atoms with Crippen molar-refractivity contribution in [3.05, 3.63) is 0 Å². The molecule has 1 heteroatoms. The van der Waals surface area contributed by atoms with Crippen LogP contribution in [-0.2, 0) is 0 Å². The molecule has 0 N–H and O–H groups in total. The Labute approximate surface area is 76.1 Å². The average molecular weight is 167 g/mol. The van der Waals surface area contributed by atoms with E-state index in [1.54, 1.807) is 0 Å². The van der Waals surface area contributed by atoms with Gasteiger partial charge in [0.05, 0.1) is 0 Å². The highest BCUT2D eigenvalue weighted by molar-refractivity contribution is 5.01. The van der Waals surface area contributed by atoms with Crippen LogP contribution in [0.15, 0.2) is 0 Å². The van der Waals surface area contributed by atoms with Crippen LogP contribution in [0.1, 0.15) is 46.0 Å². The summed E-state index contributed by atoms with van der Waals surface area (Å²) >= 11 is 0. The van der Waals surface area contributed by atoms with Crippen LogP contribution in [0.25, 0.3) is 0 Å². The lowest BCUT2D eigenvalue weighted by molar-refractivity contribution is 0.234. The van der Waals surface area contributed by atoms with Crippen molar-refractivity contribution in [2.24, 2.45) is 5.41 Å². The standard InChI is InChI=1S/C11H21N/c1-3-4-10(2)12-8-7-11(9-12)5-6-11/h10H,3-9H2,1-2H3/t10-/m1/s1. The lowest BCUT2D eigenvalue weighted by Crippen LogP contribution is -2.30. The van der Waals surface area contributed by atoms with Gasteiger partial charge in [-0.1, -0.05) is 13.3 Å². The Hall–Kier alpha value is -0.0400. The molecule has 2 rings (SSSR count). The molecule has 0 amide bonds. The van der Waals surface area contributed by atoms with E-state index in [4.69, 9.17) is 0 Å². The van der Waals surface area contributed by atoms with Gasteiger partial charge in [0.2, 0.25) is 0 Å². The van der Waals surface area contributed by atoms with Gasteiger partial charge in [0.15, 0.2) is 0 Å². The van der Waals surface area contributed by atoms with Crippen molar-refractivity contribution in [3.63, 3.8) is 0 Å². The summed E-state index contributed by atoms with van der Waals surface area (Å²) in [5.74, 6) is 0. The Balaban J connectivity index is 1.82. The summed E-state index contributed by atoms with van der Waals surface area (Å²) in [7, 11) is 0. The Morgan fingerprint density at radius 1 is 1.33 bits per heavy atom. The molecule has 0 aromatic rings. The first-order valence-electron chi connectivity index (χ1n) is 5.50. The molecule has 0 unspecified atom stereocenters. The number of rotatable bonds is 3. The van der Waals surface area contributed by atoms with E-state index in [-0.39, 0.29) is 0 Å². The van der Waals surface area contributed by atoms with Gasteiger partial charge in [0.1, 0.15) is 0 Å². The molecule has 12 heavy (non-hydrogen) atoms. The fourth-order valence-electron chi connectivity index (χ4n) is 2.53. The van der Waals surface area contributed by atoms with E-state index >= 15 is 0 Å². The van der Waals surface area contributed by atoms with E-state index in [1.807, 2.05) is 0 Å². The molecule has 0 aromatic carbocycles. The minimum atomic E-state index is 0.821. The van der Waals surface area contributed by atoms with Gasteiger partial charge in [-0.2, -0.15) is 0 Å². The molecule has 2 aliphatic rings. The van der Waals surface area contributed by atoms with E-state index < -0.39 is 0 Å². The Morgan fingerprint density at radius 3 is 2.58 bits per heavy atom. The lowest BCUT2D eigenvalue weighted by atomic mass is 10.1. The highest BCUT2D eigenvalue weighted by Gasteiger charge is 2.48. The van der Waals surface area contributed by atoms with E-state index in [1.165, 1.54) is 45.2 Å². The quantitative estimate of drug-likeness (QED) is 0.624. The molecule has 1 heterocycles. The number of likely N-dealkylation sites (tertiary alicyclic amines) is 1. The van der Waals surface area contributed by atoms with E-state index in [0.717, 1.165) is 11.5 Å². The summed E-state index contributed by atoms with van der Waals surface area (Å²) in [6, 6.07) is 0.843.